The van der Waals surface area contributed by atoms with Crippen LogP contribution in [0.5, 0.6) is 0 Å². The van der Waals surface area contributed by atoms with Crippen LogP contribution in [0.2, 0.25) is 0 Å². The molecule has 0 saturated carbocycles. The summed E-state index contributed by atoms with van der Waals surface area (Å²) in [5.41, 5.74) is 0.872. The Balaban J connectivity index is 1.63. The van der Waals surface area contributed by atoms with Crippen LogP contribution in [0.4, 0.5) is 9.18 Å². The minimum atomic E-state index is -1.35. The molecule has 1 aromatic carbocycles. The molecule has 142 valence electrons. The number of piperidine rings is 1. The van der Waals surface area contributed by atoms with Crippen molar-refractivity contribution in [1.82, 2.24) is 4.90 Å². The second-order valence-corrected chi connectivity index (χ2v) is 6.66. The summed E-state index contributed by atoms with van der Waals surface area (Å²) in [4.78, 5) is 25.7. The summed E-state index contributed by atoms with van der Waals surface area (Å²) in [5, 5.41) is 0. The molecule has 2 aliphatic heterocycles. The first-order valence-electron chi connectivity index (χ1n) is 8.96. The van der Waals surface area contributed by atoms with E-state index in [-0.39, 0.29) is 32.3 Å². The van der Waals surface area contributed by atoms with Crippen molar-refractivity contribution in [1.29, 1.82) is 0 Å². The van der Waals surface area contributed by atoms with Crippen LogP contribution < -0.4 is 0 Å². The lowest BCUT2D eigenvalue weighted by Gasteiger charge is -2.49. The van der Waals surface area contributed by atoms with Gasteiger partial charge in [-0.05, 0) is 18.9 Å². The summed E-state index contributed by atoms with van der Waals surface area (Å²) in [6.45, 7) is 2.56. The Bertz CT molecular complexity index is 626. The molecule has 7 heteroatoms. The van der Waals surface area contributed by atoms with E-state index in [1.165, 1.54) is 4.90 Å². The van der Waals surface area contributed by atoms with Crippen molar-refractivity contribution in [3.63, 3.8) is 0 Å². The summed E-state index contributed by atoms with van der Waals surface area (Å²) >= 11 is 0. The third-order valence-electron chi connectivity index (χ3n) is 4.89. The van der Waals surface area contributed by atoms with Gasteiger partial charge in [-0.2, -0.15) is 0 Å². The first-order valence-corrected chi connectivity index (χ1v) is 8.96. The van der Waals surface area contributed by atoms with Gasteiger partial charge in [0, 0.05) is 5.92 Å². The van der Waals surface area contributed by atoms with E-state index >= 15 is 0 Å². The lowest BCUT2D eigenvalue weighted by Crippen LogP contribution is -2.64. The quantitative estimate of drug-likeness (QED) is 0.751. The van der Waals surface area contributed by atoms with Gasteiger partial charge in [0.25, 0.3) is 0 Å². The molecule has 2 heterocycles. The summed E-state index contributed by atoms with van der Waals surface area (Å²) in [5.74, 6) is -0.870. The van der Waals surface area contributed by atoms with Gasteiger partial charge in [-0.25, -0.2) is 9.18 Å². The number of benzene rings is 1. The van der Waals surface area contributed by atoms with E-state index < -0.39 is 30.2 Å². The number of esters is 1. The first-order chi connectivity index (χ1) is 12.6. The molecule has 0 N–H and O–H groups in total. The topological polar surface area (TPSA) is 65.1 Å². The van der Waals surface area contributed by atoms with Crippen LogP contribution in [0.25, 0.3) is 0 Å². The zero-order valence-corrected chi connectivity index (χ0v) is 14.8. The zero-order chi connectivity index (χ0) is 18.5. The predicted molar refractivity (Wildman–Crippen MR) is 91.1 cm³/mol. The smallest absolute Gasteiger partial charge is 0.410 e. The van der Waals surface area contributed by atoms with Crippen molar-refractivity contribution < 1.29 is 28.2 Å². The van der Waals surface area contributed by atoms with Gasteiger partial charge in [0.05, 0.1) is 38.3 Å². The van der Waals surface area contributed by atoms with E-state index in [0.29, 0.717) is 13.0 Å². The Morgan fingerprint density at radius 2 is 2.00 bits per heavy atom. The summed E-state index contributed by atoms with van der Waals surface area (Å²) in [6.07, 6.45) is -1.50. The molecule has 4 atom stereocenters. The third kappa shape index (κ3) is 4.15. The molecule has 6 nitrogen and oxygen atoms in total. The molecule has 0 aromatic heterocycles. The Hall–Kier alpha value is -2.15. The molecule has 0 radical (unpaired) electrons. The minimum absolute atomic E-state index is 0.0227. The lowest BCUT2D eigenvalue weighted by molar-refractivity contribution is -0.149. The largest absolute Gasteiger partial charge is 0.466 e. The van der Waals surface area contributed by atoms with Gasteiger partial charge in [0.1, 0.15) is 12.8 Å². The van der Waals surface area contributed by atoms with Gasteiger partial charge in [-0.15, -0.1) is 0 Å². The van der Waals surface area contributed by atoms with E-state index in [1.807, 2.05) is 30.3 Å². The van der Waals surface area contributed by atoms with Gasteiger partial charge < -0.3 is 14.2 Å². The molecule has 0 spiro atoms. The zero-order valence-electron chi connectivity index (χ0n) is 14.8. The Kier molecular flexibility index (Phi) is 6.08. The number of hydrogen-bond acceptors (Lipinski definition) is 5. The lowest BCUT2D eigenvalue weighted by atomic mass is 9.81. The number of rotatable bonds is 5. The Morgan fingerprint density at radius 1 is 1.23 bits per heavy atom. The number of morpholine rings is 1. The number of carbonyl (C=O) groups is 2. The maximum absolute atomic E-state index is 15.0. The number of carbonyl (C=O) groups excluding carboxylic acids is 2. The fraction of sp³-hybridized carbons (Fsp3) is 0.579. The van der Waals surface area contributed by atoms with E-state index in [2.05, 4.69) is 0 Å². The maximum Gasteiger partial charge on any atom is 0.410 e. The second kappa shape index (κ2) is 8.49. The molecule has 26 heavy (non-hydrogen) atoms. The van der Waals surface area contributed by atoms with Crippen LogP contribution in [0.3, 0.4) is 0 Å². The monoisotopic (exact) mass is 365 g/mol. The van der Waals surface area contributed by atoms with Crippen molar-refractivity contribution >= 4 is 12.1 Å². The SMILES string of the molecule is CCOC(=O)C[C@H]1CC2COCC(C1F)N2C(=O)OCc1ccccc1. The molecule has 3 rings (SSSR count). The van der Waals surface area contributed by atoms with Gasteiger partial charge in [-0.1, -0.05) is 30.3 Å². The van der Waals surface area contributed by atoms with Crippen LogP contribution in [0, 0.1) is 5.92 Å². The summed E-state index contributed by atoms with van der Waals surface area (Å²) in [7, 11) is 0. The Labute approximate surface area is 152 Å². The number of nitrogens with zero attached hydrogens (tertiary/aromatic N) is 1. The molecule has 2 aliphatic rings. The molecule has 1 amide bonds. The highest BCUT2D eigenvalue weighted by atomic mass is 19.1. The fourth-order valence-corrected chi connectivity index (χ4v) is 3.69. The number of amides is 1. The van der Waals surface area contributed by atoms with Crippen LogP contribution >= 0.6 is 0 Å². The highest BCUT2D eigenvalue weighted by molar-refractivity contribution is 5.71. The normalized spacial score (nSPS) is 27.7. The number of hydrogen-bond donors (Lipinski definition) is 0. The number of alkyl halides is 1. The molecule has 3 unspecified atom stereocenters. The Morgan fingerprint density at radius 3 is 2.73 bits per heavy atom. The molecule has 2 saturated heterocycles. The van der Waals surface area contributed by atoms with Crippen LogP contribution in [-0.2, 0) is 25.6 Å². The van der Waals surface area contributed by atoms with Gasteiger partial charge in [0.2, 0.25) is 0 Å². The first kappa shape index (κ1) is 18.6. The highest BCUT2D eigenvalue weighted by Gasteiger charge is 2.49. The van der Waals surface area contributed by atoms with Crippen molar-refractivity contribution in [3.8, 4) is 0 Å². The van der Waals surface area contributed by atoms with Gasteiger partial charge in [-0.3, -0.25) is 9.69 Å². The van der Waals surface area contributed by atoms with E-state index in [4.69, 9.17) is 14.2 Å². The van der Waals surface area contributed by atoms with E-state index in [0.717, 1.165) is 5.56 Å². The van der Waals surface area contributed by atoms with Crippen molar-refractivity contribution in [2.24, 2.45) is 5.92 Å². The average Bonchev–Trinajstić information content (AvgIpc) is 2.65. The van der Waals surface area contributed by atoms with E-state index in [9.17, 15) is 14.0 Å². The highest BCUT2D eigenvalue weighted by Crippen LogP contribution is 2.36. The van der Waals surface area contributed by atoms with Crippen LogP contribution in [-0.4, -0.2) is 55.0 Å². The molecular weight excluding hydrogens is 341 g/mol. The molecule has 1 aromatic rings. The molecular formula is C19H24FNO5. The summed E-state index contributed by atoms with van der Waals surface area (Å²) in [6, 6.07) is 8.32. The molecule has 0 aliphatic carbocycles. The number of halogens is 1. The van der Waals surface area contributed by atoms with Crippen LogP contribution in [0.1, 0.15) is 25.3 Å². The standard InChI is InChI=1S/C19H24FNO5/c1-2-25-17(22)9-14-8-15-11-24-12-16(18(14)20)21(15)19(23)26-10-13-6-4-3-5-7-13/h3-7,14-16,18H,2,8-12H2,1H3/t14-,15?,16?,18?/m1/s1. The minimum Gasteiger partial charge on any atom is -0.466 e. The van der Waals surface area contributed by atoms with Crippen LogP contribution in [0.15, 0.2) is 30.3 Å². The number of ether oxygens (including phenoxy) is 3. The van der Waals surface area contributed by atoms with Crippen molar-refractivity contribution in [2.75, 3.05) is 19.8 Å². The fourth-order valence-electron chi connectivity index (χ4n) is 3.69. The van der Waals surface area contributed by atoms with Crippen molar-refractivity contribution in [3.05, 3.63) is 35.9 Å². The predicted octanol–water partition coefficient (Wildman–Crippen LogP) is 2.70. The van der Waals surface area contributed by atoms with E-state index in [1.54, 1.807) is 6.92 Å². The molecule has 2 bridgehead atoms. The second-order valence-electron chi connectivity index (χ2n) is 6.66. The van der Waals surface area contributed by atoms with Gasteiger partial charge in [0.15, 0.2) is 0 Å². The van der Waals surface area contributed by atoms with Gasteiger partial charge >= 0.3 is 12.1 Å². The number of fused-ring (bicyclic) bond motifs is 2. The molecule has 2 fully saturated rings. The maximum atomic E-state index is 15.0. The third-order valence-corrected chi connectivity index (χ3v) is 4.89. The van der Waals surface area contributed by atoms with Crippen molar-refractivity contribution in [2.45, 2.75) is 44.6 Å². The average molecular weight is 365 g/mol. The summed E-state index contributed by atoms with van der Waals surface area (Å²) < 4.78 is 30.7.